The molecule has 7 heteroatoms. The van der Waals surface area contributed by atoms with Crippen molar-refractivity contribution >= 4 is 21.8 Å². The highest BCUT2D eigenvalue weighted by atomic mass is 79.9. The summed E-state index contributed by atoms with van der Waals surface area (Å²) in [6.45, 7) is 1.75. The lowest BCUT2D eigenvalue weighted by atomic mass is 9.97. The Kier molecular flexibility index (Phi) is 5.51. The second kappa shape index (κ2) is 7.84. The molecular weight excluding hydrogens is 418 g/mol. The van der Waals surface area contributed by atoms with Gasteiger partial charge in [-0.05, 0) is 55.0 Å². The van der Waals surface area contributed by atoms with E-state index < -0.39 is 23.6 Å². The summed E-state index contributed by atoms with van der Waals surface area (Å²) in [5.74, 6) is -1.72. The minimum absolute atomic E-state index is 0.154. The van der Waals surface area contributed by atoms with Crippen LogP contribution in [0.2, 0.25) is 0 Å². The Morgan fingerprint density at radius 1 is 1.07 bits per heavy atom. The predicted molar refractivity (Wildman–Crippen MR) is 100 cm³/mol. The second-order valence-electron chi connectivity index (χ2n) is 5.97. The van der Waals surface area contributed by atoms with Crippen molar-refractivity contribution in [2.75, 3.05) is 0 Å². The van der Waals surface area contributed by atoms with Crippen molar-refractivity contribution < 1.29 is 18.7 Å². The number of carbonyl (C=O) groups is 1. The Morgan fingerprint density at radius 2 is 1.74 bits per heavy atom. The van der Waals surface area contributed by atoms with Gasteiger partial charge >= 0.3 is 0 Å². The van der Waals surface area contributed by atoms with Crippen LogP contribution in [0.25, 0.3) is 0 Å². The van der Waals surface area contributed by atoms with Crippen molar-refractivity contribution in [2.24, 2.45) is 0 Å². The summed E-state index contributed by atoms with van der Waals surface area (Å²) in [5, 5.41) is 12.9. The Morgan fingerprint density at radius 3 is 2.41 bits per heavy atom. The SMILES string of the molecule is Cc1cc(Br)cc(C(=O)N[C@H](c2ccc(F)cc2)c2cc(F)ccc2O)n1. The number of aryl methyl sites for hydroxylation is 1. The molecule has 138 valence electrons. The lowest BCUT2D eigenvalue weighted by molar-refractivity contribution is 0.0937. The van der Waals surface area contributed by atoms with Gasteiger partial charge in [0.15, 0.2) is 0 Å². The van der Waals surface area contributed by atoms with E-state index in [1.165, 1.54) is 30.3 Å². The highest BCUT2D eigenvalue weighted by Gasteiger charge is 2.22. The third-order valence-corrected chi connectivity index (χ3v) is 4.39. The maximum atomic E-state index is 13.8. The number of phenolic OH excluding ortho intramolecular Hbond substituents is 1. The highest BCUT2D eigenvalue weighted by molar-refractivity contribution is 9.10. The van der Waals surface area contributed by atoms with Crippen LogP contribution in [0.1, 0.15) is 33.4 Å². The lowest BCUT2D eigenvalue weighted by Gasteiger charge is -2.21. The first-order valence-corrected chi connectivity index (χ1v) is 8.82. The molecule has 0 saturated heterocycles. The van der Waals surface area contributed by atoms with Crippen LogP contribution in [0.15, 0.2) is 59.1 Å². The Bertz CT molecular complexity index is 974. The highest BCUT2D eigenvalue weighted by Crippen LogP contribution is 2.30. The molecule has 3 rings (SSSR count). The molecule has 0 saturated carbocycles. The van der Waals surface area contributed by atoms with Crippen molar-refractivity contribution in [2.45, 2.75) is 13.0 Å². The molecule has 2 aromatic carbocycles. The summed E-state index contributed by atoms with van der Waals surface area (Å²) >= 11 is 3.32. The molecule has 0 spiro atoms. The minimum Gasteiger partial charge on any atom is -0.508 e. The standard InChI is InChI=1S/C20H15BrF2N2O2/c1-11-8-13(21)9-17(24-11)20(27)25-19(12-2-4-14(22)5-3-12)16-10-15(23)6-7-18(16)26/h2-10,19,26H,1H3,(H,25,27)/t19-/m1/s1. The van der Waals surface area contributed by atoms with Gasteiger partial charge < -0.3 is 10.4 Å². The van der Waals surface area contributed by atoms with E-state index in [-0.39, 0.29) is 17.0 Å². The van der Waals surface area contributed by atoms with Gasteiger partial charge in [0.25, 0.3) is 5.91 Å². The van der Waals surface area contributed by atoms with Crippen LogP contribution in [0, 0.1) is 18.6 Å². The van der Waals surface area contributed by atoms with Crippen molar-refractivity contribution in [3.63, 3.8) is 0 Å². The molecule has 3 aromatic rings. The number of aromatic hydroxyl groups is 1. The molecule has 0 fully saturated rings. The van der Waals surface area contributed by atoms with Crippen LogP contribution < -0.4 is 5.32 Å². The van der Waals surface area contributed by atoms with E-state index in [4.69, 9.17) is 0 Å². The number of carbonyl (C=O) groups excluding carboxylic acids is 1. The molecule has 0 radical (unpaired) electrons. The monoisotopic (exact) mass is 432 g/mol. The Balaban J connectivity index is 2.03. The average molecular weight is 433 g/mol. The number of benzene rings is 2. The van der Waals surface area contributed by atoms with Crippen LogP contribution in [0.4, 0.5) is 8.78 Å². The van der Waals surface area contributed by atoms with E-state index in [1.807, 2.05) is 0 Å². The fourth-order valence-corrected chi connectivity index (χ4v) is 3.25. The maximum absolute atomic E-state index is 13.8. The van der Waals surface area contributed by atoms with Crippen LogP contribution >= 0.6 is 15.9 Å². The van der Waals surface area contributed by atoms with Crippen molar-refractivity contribution in [3.8, 4) is 5.75 Å². The summed E-state index contributed by atoms with van der Waals surface area (Å²) < 4.78 is 27.7. The number of nitrogens with zero attached hydrogens (tertiary/aromatic N) is 1. The first-order chi connectivity index (χ1) is 12.8. The first-order valence-electron chi connectivity index (χ1n) is 8.02. The molecule has 27 heavy (non-hydrogen) atoms. The third-order valence-electron chi connectivity index (χ3n) is 3.93. The van der Waals surface area contributed by atoms with E-state index in [9.17, 15) is 18.7 Å². The van der Waals surface area contributed by atoms with E-state index >= 15 is 0 Å². The molecule has 0 aliphatic rings. The summed E-state index contributed by atoms with van der Waals surface area (Å²) in [6, 6.07) is 11.2. The van der Waals surface area contributed by atoms with Crippen LogP contribution in [-0.2, 0) is 0 Å². The van der Waals surface area contributed by atoms with E-state index in [0.29, 0.717) is 15.7 Å². The number of rotatable bonds is 4. The van der Waals surface area contributed by atoms with Gasteiger partial charge in [-0.3, -0.25) is 4.79 Å². The second-order valence-corrected chi connectivity index (χ2v) is 6.89. The molecule has 0 unspecified atom stereocenters. The van der Waals surface area contributed by atoms with E-state index in [2.05, 4.69) is 26.2 Å². The third kappa shape index (κ3) is 4.49. The summed E-state index contributed by atoms with van der Waals surface area (Å²) in [7, 11) is 0. The number of nitrogens with one attached hydrogen (secondary N) is 1. The number of halogens is 3. The van der Waals surface area contributed by atoms with Crippen molar-refractivity contribution in [1.82, 2.24) is 10.3 Å². The maximum Gasteiger partial charge on any atom is 0.270 e. The molecule has 1 heterocycles. The van der Waals surface area contributed by atoms with Gasteiger partial charge in [0.1, 0.15) is 23.1 Å². The molecule has 1 atom stereocenters. The minimum atomic E-state index is -0.894. The molecule has 0 bridgehead atoms. The fraction of sp³-hybridized carbons (Fsp3) is 0.100. The molecule has 1 amide bonds. The van der Waals surface area contributed by atoms with Crippen LogP contribution in [0.5, 0.6) is 5.75 Å². The van der Waals surface area contributed by atoms with Gasteiger partial charge in [0.2, 0.25) is 0 Å². The Labute approximate surface area is 163 Å². The number of amides is 1. The largest absolute Gasteiger partial charge is 0.508 e. The predicted octanol–water partition coefficient (Wildman–Crippen LogP) is 4.66. The molecule has 0 aliphatic heterocycles. The number of hydrogen-bond acceptors (Lipinski definition) is 3. The zero-order chi connectivity index (χ0) is 19.6. The van der Waals surface area contributed by atoms with Crippen LogP contribution in [0.3, 0.4) is 0 Å². The average Bonchev–Trinajstić information content (AvgIpc) is 2.62. The van der Waals surface area contributed by atoms with E-state index in [0.717, 1.165) is 12.1 Å². The quantitative estimate of drug-likeness (QED) is 0.630. The van der Waals surface area contributed by atoms with Gasteiger partial charge in [-0.15, -0.1) is 0 Å². The summed E-state index contributed by atoms with van der Waals surface area (Å²) in [4.78, 5) is 16.9. The van der Waals surface area contributed by atoms with Gasteiger partial charge in [-0.1, -0.05) is 28.1 Å². The van der Waals surface area contributed by atoms with E-state index in [1.54, 1.807) is 19.1 Å². The summed E-state index contributed by atoms with van der Waals surface area (Å²) in [5.41, 5.74) is 1.44. The van der Waals surface area contributed by atoms with Gasteiger partial charge in [-0.25, -0.2) is 13.8 Å². The molecular formula is C20H15BrF2N2O2. The number of hydrogen-bond donors (Lipinski definition) is 2. The number of phenols is 1. The normalized spacial score (nSPS) is 11.9. The van der Waals surface area contributed by atoms with Crippen molar-refractivity contribution in [1.29, 1.82) is 0 Å². The van der Waals surface area contributed by atoms with Crippen molar-refractivity contribution in [3.05, 3.63) is 93.2 Å². The number of aromatic nitrogens is 1. The molecule has 1 aromatic heterocycles. The van der Waals surface area contributed by atoms with Gasteiger partial charge in [0, 0.05) is 15.7 Å². The van der Waals surface area contributed by atoms with Gasteiger partial charge in [0.05, 0.1) is 6.04 Å². The molecule has 4 nitrogen and oxygen atoms in total. The zero-order valence-electron chi connectivity index (χ0n) is 14.2. The lowest BCUT2D eigenvalue weighted by Crippen LogP contribution is -2.30. The fourth-order valence-electron chi connectivity index (χ4n) is 2.70. The van der Waals surface area contributed by atoms with Crippen LogP contribution in [-0.4, -0.2) is 16.0 Å². The summed E-state index contributed by atoms with van der Waals surface area (Å²) in [6.07, 6.45) is 0. The topological polar surface area (TPSA) is 62.2 Å². The molecule has 0 aliphatic carbocycles. The zero-order valence-corrected chi connectivity index (χ0v) is 15.8. The van der Waals surface area contributed by atoms with Gasteiger partial charge in [-0.2, -0.15) is 0 Å². The Hall–Kier alpha value is -2.80. The first kappa shape index (κ1) is 19.0. The smallest absolute Gasteiger partial charge is 0.270 e. The number of pyridine rings is 1. The molecule has 2 N–H and O–H groups in total.